The molecule has 0 fully saturated rings. The van der Waals surface area contributed by atoms with Gasteiger partial charge in [0.15, 0.2) is 14.0 Å². The van der Waals surface area contributed by atoms with Crippen LogP contribution < -0.4 is 5.73 Å². The summed E-state index contributed by atoms with van der Waals surface area (Å²) in [6.45, 7) is 1.26. The summed E-state index contributed by atoms with van der Waals surface area (Å²) in [6.07, 6.45) is -0.345. The second-order valence-electron chi connectivity index (χ2n) is 3.83. The molecule has 0 saturated heterocycles. The number of sulfone groups is 1. The molecular weight excluding hydrogens is 250 g/mol. The molecule has 0 radical (unpaired) electrons. The number of aliphatic hydroxyl groups is 1. The van der Waals surface area contributed by atoms with Crippen LogP contribution in [0.4, 0.5) is 5.69 Å². The summed E-state index contributed by atoms with van der Waals surface area (Å²) in [7, 11) is -3.59. The fourth-order valence-corrected chi connectivity index (χ4v) is 1.90. The number of hydrogen-bond acceptors (Lipinski definition) is 4. The molecule has 0 unspecified atom stereocenters. The summed E-state index contributed by atoms with van der Waals surface area (Å²) >= 11 is 5.87. The van der Waals surface area contributed by atoms with Crippen molar-refractivity contribution in [3.8, 4) is 0 Å². The van der Waals surface area contributed by atoms with Crippen LogP contribution in [0, 0.1) is 0 Å². The molecule has 0 amide bonds. The van der Waals surface area contributed by atoms with Gasteiger partial charge in [-0.05, 0) is 24.6 Å². The van der Waals surface area contributed by atoms with E-state index in [1.807, 2.05) is 0 Å². The van der Waals surface area contributed by atoms with Gasteiger partial charge in [0, 0.05) is 11.9 Å². The zero-order chi connectivity index (χ0) is 12.6. The average Bonchev–Trinajstić information content (AvgIpc) is 2.14. The molecule has 1 aromatic rings. The Morgan fingerprint density at radius 2 is 2.06 bits per heavy atom. The number of nitrogen functional groups attached to an aromatic ring is 1. The summed E-state index contributed by atoms with van der Waals surface area (Å²) in [5.74, 6) is 0. The van der Waals surface area contributed by atoms with E-state index in [9.17, 15) is 13.5 Å². The van der Waals surface area contributed by atoms with Crippen molar-refractivity contribution in [3.05, 3.63) is 29.8 Å². The Kier molecular flexibility index (Phi) is 3.52. The molecule has 90 valence electrons. The first-order chi connectivity index (χ1) is 7.16. The standard InChI is InChI=1S/C10H14ClNO3S/c1-10(11,16(2,14)15)9(13)7-4-3-5-8(12)6-7/h3-6,9,13H,12H2,1-2H3/t9-,10-/m0/s1. The van der Waals surface area contributed by atoms with E-state index in [1.165, 1.54) is 13.0 Å². The van der Waals surface area contributed by atoms with Crippen LogP contribution in [0.3, 0.4) is 0 Å². The predicted octanol–water partition coefficient (Wildman–Crippen LogP) is 1.30. The third kappa shape index (κ3) is 2.48. The maximum atomic E-state index is 11.4. The Labute approximate surface area is 100.0 Å². The Bertz CT molecular complexity index is 485. The molecular formula is C10H14ClNO3S. The van der Waals surface area contributed by atoms with Crippen LogP contribution in [0.2, 0.25) is 0 Å². The van der Waals surface area contributed by atoms with Crippen LogP contribution in [0.1, 0.15) is 18.6 Å². The van der Waals surface area contributed by atoms with Crippen molar-refractivity contribution in [1.82, 2.24) is 0 Å². The smallest absolute Gasteiger partial charge is 0.172 e. The first kappa shape index (κ1) is 13.3. The second-order valence-corrected chi connectivity index (χ2v) is 7.23. The van der Waals surface area contributed by atoms with Crippen molar-refractivity contribution in [3.63, 3.8) is 0 Å². The van der Waals surface area contributed by atoms with E-state index in [2.05, 4.69) is 0 Å². The lowest BCUT2D eigenvalue weighted by Crippen LogP contribution is -2.35. The van der Waals surface area contributed by atoms with Gasteiger partial charge in [0.2, 0.25) is 0 Å². The van der Waals surface area contributed by atoms with Crippen LogP contribution in [0.5, 0.6) is 0 Å². The van der Waals surface area contributed by atoms with Gasteiger partial charge in [-0.1, -0.05) is 23.7 Å². The maximum Gasteiger partial charge on any atom is 0.172 e. The van der Waals surface area contributed by atoms with Gasteiger partial charge in [-0.3, -0.25) is 0 Å². The molecule has 0 saturated carbocycles. The number of hydrogen-bond donors (Lipinski definition) is 2. The third-order valence-electron chi connectivity index (χ3n) is 2.44. The fraction of sp³-hybridized carbons (Fsp3) is 0.400. The normalized spacial score (nSPS) is 17.8. The zero-order valence-corrected chi connectivity index (χ0v) is 10.6. The first-order valence-corrected chi connectivity index (χ1v) is 6.85. The van der Waals surface area contributed by atoms with Crippen LogP contribution in [-0.4, -0.2) is 24.0 Å². The second kappa shape index (κ2) is 4.24. The molecule has 0 aromatic heterocycles. The molecule has 4 nitrogen and oxygen atoms in total. The summed E-state index contributed by atoms with van der Waals surface area (Å²) in [5, 5.41) is 9.94. The molecule has 1 rings (SSSR count). The van der Waals surface area contributed by atoms with Gasteiger partial charge in [-0.2, -0.15) is 0 Å². The molecule has 2 atom stereocenters. The van der Waals surface area contributed by atoms with Gasteiger partial charge in [-0.25, -0.2) is 8.42 Å². The predicted molar refractivity (Wildman–Crippen MR) is 64.9 cm³/mol. The van der Waals surface area contributed by atoms with Gasteiger partial charge in [-0.15, -0.1) is 0 Å². The number of benzene rings is 1. The van der Waals surface area contributed by atoms with E-state index in [0.717, 1.165) is 6.26 Å². The number of aliphatic hydroxyl groups excluding tert-OH is 1. The average molecular weight is 264 g/mol. The molecule has 0 aliphatic rings. The highest BCUT2D eigenvalue weighted by Crippen LogP contribution is 2.36. The van der Waals surface area contributed by atoms with E-state index in [4.69, 9.17) is 17.3 Å². The van der Waals surface area contributed by atoms with Crippen LogP contribution in [0.25, 0.3) is 0 Å². The molecule has 6 heteroatoms. The van der Waals surface area contributed by atoms with Crippen LogP contribution in [0.15, 0.2) is 24.3 Å². The monoisotopic (exact) mass is 263 g/mol. The number of nitrogens with two attached hydrogens (primary N) is 1. The highest BCUT2D eigenvalue weighted by Gasteiger charge is 2.41. The first-order valence-electron chi connectivity index (χ1n) is 4.58. The van der Waals surface area contributed by atoms with Crippen molar-refractivity contribution in [2.45, 2.75) is 17.2 Å². The lowest BCUT2D eigenvalue weighted by atomic mass is 10.1. The minimum atomic E-state index is -3.59. The van der Waals surface area contributed by atoms with Crippen molar-refractivity contribution >= 4 is 27.1 Å². The SMILES string of the molecule is C[C@@](Cl)([C@@H](O)c1cccc(N)c1)S(C)(=O)=O. The fourth-order valence-electron chi connectivity index (χ4n) is 1.23. The number of rotatable bonds is 3. The Morgan fingerprint density at radius 1 is 1.50 bits per heavy atom. The van der Waals surface area contributed by atoms with Crippen LogP contribution >= 0.6 is 11.6 Å². The van der Waals surface area contributed by atoms with E-state index in [-0.39, 0.29) is 0 Å². The summed E-state index contributed by atoms with van der Waals surface area (Å²) in [5.41, 5.74) is 6.36. The topological polar surface area (TPSA) is 80.4 Å². The summed E-state index contributed by atoms with van der Waals surface area (Å²) in [6, 6.07) is 6.34. The molecule has 0 heterocycles. The Hall–Kier alpha value is -0.780. The minimum Gasteiger partial charge on any atom is -0.399 e. The maximum absolute atomic E-state index is 11.4. The van der Waals surface area contributed by atoms with E-state index in [1.54, 1.807) is 18.2 Å². The highest BCUT2D eigenvalue weighted by atomic mass is 35.5. The number of alkyl halides is 1. The van der Waals surface area contributed by atoms with E-state index < -0.39 is 20.1 Å². The molecule has 0 bridgehead atoms. The quantitative estimate of drug-likeness (QED) is 0.636. The molecule has 16 heavy (non-hydrogen) atoms. The lowest BCUT2D eigenvalue weighted by Gasteiger charge is -2.26. The Balaban J connectivity index is 3.17. The van der Waals surface area contributed by atoms with E-state index in [0.29, 0.717) is 11.3 Å². The largest absolute Gasteiger partial charge is 0.399 e. The van der Waals surface area contributed by atoms with E-state index >= 15 is 0 Å². The van der Waals surface area contributed by atoms with Gasteiger partial charge in [0.25, 0.3) is 0 Å². The Morgan fingerprint density at radius 3 is 2.50 bits per heavy atom. The molecule has 0 aliphatic carbocycles. The third-order valence-corrected chi connectivity index (χ3v) is 5.16. The van der Waals surface area contributed by atoms with Crippen molar-refractivity contribution in [2.24, 2.45) is 0 Å². The van der Waals surface area contributed by atoms with Gasteiger partial charge >= 0.3 is 0 Å². The van der Waals surface area contributed by atoms with Crippen molar-refractivity contribution in [2.75, 3.05) is 12.0 Å². The highest BCUT2D eigenvalue weighted by molar-refractivity contribution is 7.93. The van der Waals surface area contributed by atoms with Gasteiger partial charge < -0.3 is 10.8 Å². The lowest BCUT2D eigenvalue weighted by molar-refractivity contribution is 0.163. The van der Waals surface area contributed by atoms with Crippen LogP contribution in [-0.2, 0) is 9.84 Å². The molecule has 0 aliphatic heterocycles. The molecule has 0 spiro atoms. The van der Waals surface area contributed by atoms with Gasteiger partial charge in [0.1, 0.15) is 6.10 Å². The minimum absolute atomic E-state index is 0.378. The molecule has 3 N–H and O–H groups in total. The van der Waals surface area contributed by atoms with Crippen molar-refractivity contribution in [1.29, 1.82) is 0 Å². The van der Waals surface area contributed by atoms with Crippen molar-refractivity contribution < 1.29 is 13.5 Å². The summed E-state index contributed by atoms with van der Waals surface area (Å²) < 4.78 is 21.1. The summed E-state index contributed by atoms with van der Waals surface area (Å²) in [4.78, 5) is 0. The van der Waals surface area contributed by atoms with Gasteiger partial charge in [0.05, 0.1) is 0 Å². The molecule has 1 aromatic carbocycles. The number of halogens is 1. The zero-order valence-electron chi connectivity index (χ0n) is 9.01. The number of anilines is 1.